The van der Waals surface area contributed by atoms with Crippen molar-refractivity contribution in [2.45, 2.75) is 38.1 Å². The highest BCUT2D eigenvalue weighted by molar-refractivity contribution is 5.78. The number of methoxy groups -OCH3 is 1. The Hall–Kier alpha value is -3.22. The molecule has 0 spiro atoms. The standard InChI is InChI=1S/C28H31N3O3/c1-33-26-8-6-21(7-9-26)16-31-18-27(34-20-22-10-12-29-13-11-22)17-30(19-28(31)32)25-14-23-4-2-3-5-24(23)15-25/h2-13,25,27H,14-20H2,1H3. The highest BCUT2D eigenvalue weighted by atomic mass is 16.5. The zero-order valence-corrected chi connectivity index (χ0v) is 19.6. The maximum absolute atomic E-state index is 13.4. The molecule has 6 nitrogen and oxygen atoms in total. The first kappa shape index (κ1) is 22.6. The first-order valence-corrected chi connectivity index (χ1v) is 11.9. The third-order valence-corrected chi connectivity index (χ3v) is 6.87. The highest BCUT2D eigenvalue weighted by Gasteiger charge is 2.34. The van der Waals surface area contributed by atoms with E-state index in [4.69, 9.17) is 9.47 Å². The number of fused-ring (bicyclic) bond motifs is 1. The Labute approximate surface area is 201 Å². The number of amides is 1. The van der Waals surface area contributed by atoms with Crippen LogP contribution in [0.2, 0.25) is 0 Å². The van der Waals surface area contributed by atoms with Gasteiger partial charge < -0.3 is 14.4 Å². The van der Waals surface area contributed by atoms with Gasteiger partial charge in [-0.15, -0.1) is 0 Å². The van der Waals surface area contributed by atoms with E-state index in [2.05, 4.69) is 34.1 Å². The van der Waals surface area contributed by atoms with Gasteiger partial charge in [-0.25, -0.2) is 0 Å². The van der Waals surface area contributed by atoms with Crippen molar-refractivity contribution >= 4 is 5.91 Å². The fourth-order valence-corrected chi connectivity index (χ4v) is 4.98. The molecule has 1 aromatic heterocycles. The summed E-state index contributed by atoms with van der Waals surface area (Å²) >= 11 is 0. The summed E-state index contributed by atoms with van der Waals surface area (Å²) < 4.78 is 11.7. The lowest BCUT2D eigenvalue weighted by atomic mass is 10.1. The summed E-state index contributed by atoms with van der Waals surface area (Å²) in [5, 5.41) is 0. The third kappa shape index (κ3) is 5.29. The topological polar surface area (TPSA) is 54.9 Å². The number of carbonyl (C=O) groups excluding carboxylic acids is 1. The van der Waals surface area contributed by atoms with E-state index < -0.39 is 0 Å². The number of pyridine rings is 1. The van der Waals surface area contributed by atoms with Crippen molar-refractivity contribution in [1.29, 1.82) is 0 Å². The Bertz CT molecular complexity index is 1080. The zero-order chi connectivity index (χ0) is 23.3. The molecular formula is C28H31N3O3. The number of nitrogens with zero attached hydrogens (tertiary/aromatic N) is 3. The average molecular weight is 458 g/mol. The van der Waals surface area contributed by atoms with Crippen LogP contribution < -0.4 is 4.74 Å². The Balaban J connectivity index is 1.32. The van der Waals surface area contributed by atoms with E-state index >= 15 is 0 Å². The van der Waals surface area contributed by atoms with E-state index in [9.17, 15) is 4.79 Å². The summed E-state index contributed by atoms with van der Waals surface area (Å²) in [6.07, 6.45) is 5.47. The van der Waals surface area contributed by atoms with E-state index in [-0.39, 0.29) is 12.0 Å². The largest absolute Gasteiger partial charge is 0.497 e. The average Bonchev–Trinajstić information content (AvgIpc) is 3.25. The van der Waals surface area contributed by atoms with Gasteiger partial charge in [-0.2, -0.15) is 0 Å². The molecule has 1 amide bonds. The van der Waals surface area contributed by atoms with E-state index in [1.54, 1.807) is 19.5 Å². The van der Waals surface area contributed by atoms with Gasteiger partial charge in [-0.1, -0.05) is 36.4 Å². The molecule has 2 heterocycles. The number of rotatable bonds is 7. The summed E-state index contributed by atoms with van der Waals surface area (Å²) in [4.78, 5) is 21.8. The lowest BCUT2D eigenvalue weighted by molar-refractivity contribution is -0.132. The van der Waals surface area contributed by atoms with Crippen molar-refractivity contribution in [3.05, 3.63) is 95.3 Å². The minimum Gasteiger partial charge on any atom is -0.497 e. The highest BCUT2D eigenvalue weighted by Crippen LogP contribution is 2.27. The van der Waals surface area contributed by atoms with Crippen molar-refractivity contribution in [3.8, 4) is 5.75 Å². The van der Waals surface area contributed by atoms with Gasteiger partial charge in [0.2, 0.25) is 5.91 Å². The predicted molar refractivity (Wildman–Crippen MR) is 130 cm³/mol. The number of hydrogen-bond donors (Lipinski definition) is 0. The molecule has 2 aromatic carbocycles. The molecule has 2 aliphatic rings. The molecule has 1 unspecified atom stereocenters. The van der Waals surface area contributed by atoms with Gasteiger partial charge >= 0.3 is 0 Å². The first-order valence-electron chi connectivity index (χ1n) is 11.9. The molecule has 6 heteroatoms. The van der Waals surface area contributed by atoms with Crippen LogP contribution in [0.5, 0.6) is 5.75 Å². The number of carbonyl (C=O) groups is 1. The molecule has 1 atom stereocenters. The summed E-state index contributed by atoms with van der Waals surface area (Å²) in [7, 11) is 1.66. The van der Waals surface area contributed by atoms with Crippen molar-refractivity contribution in [2.24, 2.45) is 0 Å². The van der Waals surface area contributed by atoms with Crippen LogP contribution in [0.1, 0.15) is 22.3 Å². The van der Waals surface area contributed by atoms with Gasteiger partial charge in [0, 0.05) is 38.1 Å². The van der Waals surface area contributed by atoms with E-state index in [1.807, 2.05) is 41.3 Å². The molecule has 3 aromatic rings. The molecule has 176 valence electrons. The predicted octanol–water partition coefficient (Wildman–Crippen LogP) is 3.49. The second-order valence-electron chi connectivity index (χ2n) is 9.17. The lowest BCUT2D eigenvalue weighted by Gasteiger charge is -2.28. The Morgan fingerprint density at radius 1 is 0.912 bits per heavy atom. The summed E-state index contributed by atoms with van der Waals surface area (Å²) in [5.41, 5.74) is 4.97. The zero-order valence-electron chi connectivity index (χ0n) is 19.6. The summed E-state index contributed by atoms with van der Waals surface area (Å²) in [6, 6.07) is 20.8. The maximum atomic E-state index is 13.4. The quantitative estimate of drug-likeness (QED) is 0.544. The van der Waals surface area contributed by atoms with Crippen molar-refractivity contribution in [1.82, 2.24) is 14.8 Å². The molecular weight excluding hydrogens is 426 g/mol. The summed E-state index contributed by atoms with van der Waals surface area (Å²) in [5.74, 6) is 0.971. The van der Waals surface area contributed by atoms with Gasteiger partial charge in [-0.05, 0) is 59.4 Å². The number of benzene rings is 2. The number of aromatic nitrogens is 1. The molecule has 0 saturated carbocycles. The normalized spacial score (nSPS) is 19.1. The molecule has 0 radical (unpaired) electrons. The fraction of sp³-hybridized carbons (Fsp3) is 0.357. The molecule has 5 rings (SSSR count). The van der Waals surface area contributed by atoms with Crippen molar-refractivity contribution in [2.75, 3.05) is 26.7 Å². The Kier molecular flexibility index (Phi) is 6.88. The summed E-state index contributed by atoms with van der Waals surface area (Å²) in [6.45, 7) is 2.82. The van der Waals surface area contributed by atoms with E-state index in [0.717, 1.165) is 36.3 Å². The lowest BCUT2D eigenvalue weighted by Crippen LogP contribution is -2.43. The molecule has 34 heavy (non-hydrogen) atoms. The molecule has 1 saturated heterocycles. The van der Waals surface area contributed by atoms with Crippen LogP contribution in [-0.4, -0.2) is 59.6 Å². The molecule has 0 bridgehead atoms. The maximum Gasteiger partial charge on any atom is 0.237 e. The van der Waals surface area contributed by atoms with Crippen LogP contribution >= 0.6 is 0 Å². The smallest absolute Gasteiger partial charge is 0.237 e. The third-order valence-electron chi connectivity index (χ3n) is 6.87. The SMILES string of the molecule is COc1ccc(CN2CC(OCc3ccncc3)CN(C3Cc4ccccc4C3)CC2=O)cc1. The van der Waals surface area contributed by atoms with Crippen molar-refractivity contribution in [3.63, 3.8) is 0 Å². The van der Waals surface area contributed by atoms with Gasteiger partial charge in [0.05, 0.1) is 26.4 Å². The van der Waals surface area contributed by atoms with E-state index in [1.165, 1.54) is 11.1 Å². The Morgan fingerprint density at radius 2 is 1.62 bits per heavy atom. The monoisotopic (exact) mass is 457 g/mol. The van der Waals surface area contributed by atoms with Crippen LogP contribution in [-0.2, 0) is 35.5 Å². The van der Waals surface area contributed by atoms with Gasteiger partial charge in [0.15, 0.2) is 0 Å². The van der Waals surface area contributed by atoms with Gasteiger partial charge in [0.1, 0.15) is 5.75 Å². The second kappa shape index (κ2) is 10.4. The number of hydrogen-bond acceptors (Lipinski definition) is 5. The molecule has 0 N–H and O–H groups in total. The number of ether oxygens (including phenoxy) is 2. The first-order chi connectivity index (χ1) is 16.7. The van der Waals surface area contributed by atoms with E-state index in [0.29, 0.717) is 32.3 Å². The van der Waals surface area contributed by atoms with Gasteiger partial charge in [-0.3, -0.25) is 14.7 Å². The minimum atomic E-state index is -0.0680. The molecule has 1 aliphatic carbocycles. The van der Waals surface area contributed by atoms with Gasteiger partial charge in [0.25, 0.3) is 0 Å². The van der Waals surface area contributed by atoms with Crippen LogP contribution in [0.25, 0.3) is 0 Å². The second-order valence-corrected chi connectivity index (χ2v) is 9.17. The fourth-order valence-electron chi connectivity index (χ4n) is 4.98. The molecule has 1 aliphatic heterocycles. The minimum absolute atomic E-state index is 0.0680. The van der Waals surface area contributed by atoms with Crippen LogP contribution in [0.3, 0.4) is 0 Å². The Morgan fingerprint density at radius 3 is 2.29 bits per heavy atom. The van der Waals surface area contributed by atoms with Crippen LogP contribution in [0, 0.1) is 0 Å². The van der Waals surface area contributed by atoms with Crippen molar-refractivity contribution < 1.29 is 14.3 Å². The molecule has 1 fully saturated rings. The van der Waals surface area contributed by atoms with Crippen LogP contribution in [0.4, 0.5) is 0 Å². The van der Waals surface area contributed by atoms with Crippen LogP contribution in [0.15, 0.2) is 73.1 Å².